The molecule has 1 aromatic rings. The van der Waals surface area contributed by atoms with E-state index in [0.29, 0.717) is 19.3 Å². The number of morpholine rings is 1. The van der Waals surface area contributed by atoms with Gasteiger partial charge in [0, 0.05) is 19.1 Å². The van der Waals surface area contributed by atoms with Gasteiger partial charge in [0.25, 0.3) is 0 Å². The predicted octanol–water partition coefficient (Wildman–Crippen LogP) is 1.91. The van der Waals surface area contributed by atoms with Crippen molar-refractivity contribution in [3.05, 3.63) is 28.7 Å². The van der Waals surface area contributed by atoms with Crippen LogP contribution in [0.25, 0.3) is 0 Å². The molecule has 4 nitrogen and oxygen atoms in total. The Labute approximate surface area is 122 Å². The summed E-state index contributed by atoms with van der Waals surface area (Å²) >= 11 is 3.46. The highest BCUT2D eigenvalue weighted by molar-refractivity contribution is 9.10. The third-order valence-corrected chi connectivity index (χ3v) is 3.97. The molecule has 0 bridgehead atoms. The Hall–Kier alpha value is -0.620. The van der Waals surface area contributed by atoms with E-state index in [2.05, 4.69) is 27.8 Å². The van der Waals surface area contributed by atoms with Crippen LogP contribution in [0.3, 0.4) is 0 Å². The molecule has 1 aliphatic rings. The van der Waals surface area contributed by atoms with E-state index in [9.17, 15) is 0 Å². The van der Waals surface area contributed by atoms with Crippen molar-refractivity contribution in [3.8, 4) is 5.75 Å². The summed E-state index contributed by atoms with van der Waals surface area (Å²) in [6.07, 6.45) is -0.0698. The highest BCUT2D eigenvalue weighted by Crippen LogP contribution is 2.23. The molecule has 106 valence electrons. The Morgan fingerprint density at radius 1 is 1.47 bits per heavy atom. The minimum atomic E-state index is -0.0698. The molecule has 2 atom stereocenters. The van der Waals surface area contributed by atoms with Gasteiger partial charge >= 0.3 is 0 Å². The van der Waals surface area contributed by atoms with Gasteiger partial charge in [-0.1, -0.05) is 12.1 Å². The highest BCUT2D eigenvalue weighted by atomic mass is 79.9. The van der Waals surface area contributed by atoms with Crippen molar-refractivity contribution in [2.45, 2.75) is 19.1 Å². The Morgan fingerprint density at radius 3 is 3.00 bits per heavy atom. The number of rotatable bonds is 5. The number of aliphatic hydroxyl groups is 1. The number of nitrogens with zero attached hydrogens (tertiary/aromatic N) is 1. The molecule has 0 radical (unpaired) electrons. The lowest BCUT2D eigenvalue weighted by Crippen LogP contribution is -2.50. The van der Waals surface area contributed by atoms with Crippen LogP contribution < -0.4 is 4.74 Å². The van der Waals surface area contributed by atoms with Gasteiger partial charge in [0.1, 0.15) is 12.4 Å². The van der Waals surface area contributed by atoms with Crippen LogP contribution in [0.1, 0.15) is 6.92 Å². The average Bonchev–Trinajstić information content (AvgIpc) is 2.43. The second-order valence-corrected chi connectivity index (χ2v) is 5.62. The lowest BCUT2D eigenvalue weighted by Gasteiger charge is -2.37. The molecule has 1 aliphatic heterocycles. The summed E-state index contributed by atoms with van der Waals surface area (Å²) in [5.41, 5.74) is 0. The van der Waals surface area contributed by atoms with Crippen molar-refractivity contribution >= 4 is 15.9 Å². The normalized spacial score (nSPS) is 24.4. The molecular formula is C14H20BrNO3. The van der Waals surface area contributed by atoms with E-state index >= 15 is 0 Å². The summed E-state index contributed by atoms with van der Waals surface area (Å²) in [4.78, 5) is 2.29. The van der Waals surface area contributed by atoms with Gasteiger partial charge in [0.2, 0.25) is 0 Å². The predicted molar refractivity (Wildman–Crippen MR) is 77.5 cm³/mol. The molecule has 19 heavy (non-hydrogen) atoms. The topological polar surface area (TPSA) is 41.9 Å². The lowest BCUT2D eigenvalue weighted by molar-refractivity contribution is -0.0798. The zero-order chi connectivity index (χ0) is 13.7. The van der Waals surface area contributed by atoms with Gasteiger partial charge in [-0.25, -0.2) is 0 Å². The van der Waals surface area contributed by atoms with Crippen molar-refractivity contribution in [3.63, 3.8) is 0 Å². The van der Waals surface area contributed by atoms with Crippen molar-refractivity contribution in [1.82, 2.24) is 4.90 Å². The first-order chi connectivity index (χ1) is 9.20. The van der Waals surface area contributed by atoms with Crippen LogP contribution in [0.15, 0.2) is 28.7 Å². The van der Waals surface area contributed by atoms with Crippen LogP contribution in [0.5, 0.6) is 5.75 Å². The SMILES string of the molecule is C[C@H]1CO[C@H](CO)CN1CCOc1ccccc1Br. The first kappa shape index (κ1) is 14.8. The Bertz CT molecular complexity index is 402. The largest absolute Gasteiger partial charge is 0.491 e. The summed E-state index contributed by atoms with van der Waals surface area (Å²) in [7, 11) is 0. The fourth-order valence-electron chi connectivity index (χ4n) is 2.13. The first-order valence-electron chi connectivity index (χ1n) is 6.54. The van der Waals surface area contributed by atoms with Gasteiger partial charge in [-0.3, -0.25) is 4.90 Å². The minimum absolute atomic E-state index is 0.0698. The van der Waals surface area contributed by atoms with Crippen LogP contribution >= 0.6 is 15.9 Å². The summed E-state index contributed by atoms with van der Waals surface area (Å²) in [5, 5.41) is 9.15. The Kier molecular flexibility index (Phi) is 5.63. The third-order valence-electron chi connectivity index (χ3n) is 3.31. The van der Waals surface area contributed by atoms with Gasteiger partial charge in [-0.15, -0.1) is 0 Å². The molecule has 1 aromatic carbocycles. The number of hydrogen-bond acceptors (Lipinski definition) is 4. The van der Waals surface area contributed by atoms with Gasteiger partial charge in [-0.2, -0.15) is 0 Å². The smallest absolute Gasteiger partial charge is 0.133 e. The van der Waals surface area contributed by atoms with E-state index in [1.165, 1.54) is 0 Å². The third kappa shape index (κ3) is 4.18. The molecule has 0 spiro atoms. The molecule has 1 N–H and O–H groups in total. The summed E-state index contributed by atoms with van der Waals surface area (Å²) in [6.45, 7) is 5.10. The van der Waals surface area contributed by atoms with Crippen LogP contribution in [0.4, 0.5) is 0 Å². The molecule has 1 heterocycles. The number of benzene rings is 1. The number of aliphatic hydroxyl groups excluding tert-OH is 1. The van der Waals surface area contributed by atoms with Gasteiger partial charge < -0.3 is 14.6 Å². The van der Waals surface area contributed by atoms with E-state index in [1.54, 1.807) is 0 Å². The van der Waals surface area contributed by atoms with Crippen LogP contribution in [-0.2, 0) is 4.74 Å². The molecule has 0 unspecified atom stereocenters. The van der Waals surface area contributed by atoms with Crippen molar-refractivity contribution < 1.29 is 14.6 Å². The van der Waals surface area contributed by atoms with E-state index < -0.39 is 0 Å². The monoisotopic (exact) mass is 329 g/mol. The maximum Gasteiger partial charge on any atom is 0.133 e. The molecule has 0 aliphatic carbocycles. The summed E-state index contributed by atoms with van der Waals surface area (Å²) in [6, 6.07) is 8.20. The number of ether oxygens (including phenoxy) is 2. The zero-order valence-electron chi connectivity index (χ0n) is 11.1. The maximum absolute atomic E-state index is 9.15. The second kappa shape index (κ2) is 7.24. The van der Waals surface area contributed by atoms with Gasteiger partial charge in [0.05, 0.1) is 23.8 Å². The Balaban J connectivity index is 1.80. The Morgan fingerprint density at radius 2 is 2.26 bits per heavy atom. The fourth-order valence-corrected chi connectivity index (χ4v) is 2.53. The molecule has 0 amide bonds. The van der Waals surface area contributed by atoms with Crippen LogP contribution in [0, 0.1) is 0 Å². The highest BCUT2D eigenvalue weighted by Gasteiger charge is 2.25. The van der Waals surface area contributed by atoms with E-state index in [0.717, 1.165) is 23.3 Å². The fraction of sp³-hybridized carbons (Fsp3) is 0.571. The second-order valence-electron chi connectivity index (χ2n) is 4.76. The average molecular weight is 330 g/mol. The van der Waals surface area contributed by atoms with Gasteiger partial charge in [0.15, 0.2) is 0 Å². The molecule has 0 saturated carbocycles. The quantitative estimate of drug-likeness (QED) is 0.896. The summed E-state index contributed by atoms with van der Waals surface area (Å²) < 4.78 is 12.2. The molecule has 0 aromatic heterocycles. The molecule has 2 rings (SSSR count). The number of halogens is 1. The zero-order valence-corrected chi connectivity index (χ0v) is 12.7. The first-order valence-corrected chi connectivity index (χ1v) is 7.34. The number of para-hydroxylation sites is 1. The molecule has 1 fully saturated rings. The van der Waals surface area contributed by atoms with E-state index in [1.807, 2.05) is 24.3 Å². The summed E-state index contributed by atoms with van der Waals surface area (Å²) in [5.74, 6) is 0.863. The van der Waals surface area contributed by atoms with E-state index in [4.69, 9.17) is 14.6 Å². The molecule has 5 heteroatoms. The molecular weight excluding hydrogens is 310 g/mol. The van der Waals surface area contributed by atoms with Crippen molar-refractivity contribution in [2.24, 2.45) is 0 Å². The lowest BCUT2D eigenvalue weighted by atomic mass is 10.2. The van der Waals surface area contributed by atoms with Crippen molar-refractivity contribution in [1.29, 1.82) is 0 Å². The standard InChI is InChI=1S/C14H20BrNO3/c1-11-10-19-12(9-17)8-16(11)6-7-18-14-5-3-2-4-13(14)15/h2-5,11-12,17H,6-10H2,1H3/t11-,12-/m0/s1. The van der Waals surface area contributed by atoms with E-state index in [-0.39, 0.29) is 12.7 Å². The van der Waals surface area contributed by atoms with Gasteiger partial charge in [-0.05, 0) is 35.0 Å². The van der Waals surface area contributed by atoms with Crippen molar-refractivity contribution in [2.75, 3.05) is 32.9 Å². The number of hydrogen-bond donors (Lipinski definition) is 1. The van der Waals surface area contributed by atoms with Crippen LogP contribution in [0.2, 0.25) is 0 Å². The minimum Gasteiger partial charge on any atom is -0.491 e. The maximum atomic E-state index is 9.15. The molecule has 1 saturated heterocycles. The van der Waals surface area contributed by atoms with Crippen LogP contribution in [-0.4, -0.2) is 55.1 Å².